The lowest BCUT2D eigenvalue weighted by atomic mass is 10.0. The average Bonchev–Trinajstić information content (AvgIpc) is 3.37. The fraction of sp³-hybridized carbons (Fsp3) is 0.385. The summed E-state index contributed by atoms with van der Waals surface area (Å²) in [5.41, 5.74) is 3.63. The van der Waals surface area contributed by atoms with E-state index in [1.54, 1.807) is 14.0 Å². The van der Waals surface area contributed by atoms with Crippen molar-refractivity contribution in [2.75, 3.05) is 26.7 Å². The third-order valence-corrected chi connectivity index (χ3v) is 6.88. The second-order valence-corrected chi connectivity index (χ2v) is 8.89. The molecule has 5 rings (SSSR count). The van der Waals surface area contributed by atoms with E-state index < -0.39 is 0 Å². The van der Waals surface area contributed by atoms with Crippen molar-refractivity contribution in [1.29, 1.82) is 0 Å². The van der Waals surface area contributed by atoms with Crippen LogP contribution in [-0.4, -0.2) is 51.5 Å². The van der Waals surface area contributed by atoms with Crippen LogP contribution >= 0.6 is 0 Å². The highest BCUT2D eigenvalue weighted by molar-refractivity contribution is 6.08. The van der Waals surface area contributed by atoms with Crippen molar-refractivity contribution >= 4 is 27.7 Å². The normalized spacial score (nSPS) is 15.5. The lowest BCUT2D eigenvalue weighted by molar-refractivity contribution is 0.101. The maximum atomic E-state index is 12.5. The van der Waals surface area contributed by atoms with Gasteiger partial charge in [0.05, 0.1) is 23.7 Å². The average molecular weight is 447 g/mol. The number of Topliss-reactive ketones (excluding diaryl/α,β-unsaturated/α-hetero) is 1. The molecule has 0 radical (unpaired) electrons. The summed E-state index contributed by atoms with van der Waals surface area (Å²) in [7, 11) is 1.67. The molecule has 0 spiro atoms. The highest BCUT2D eigenvalue weighted by Crippen LogP contribution is 2.31. The number of nitrogens with one attached hydrogen (secondary N) is 1. The first-order chi connectivity index (χ1) is 16.1. The lowest BCUT2D eigenvalue weighted by Gasteiger charge is -2.32. The summed E-state index contributed by atoms with van der Waals surface area (Å²) in [6.07, 6.45) is 4.88. The van der Waals surface area contributed by atoms with Crippen LogP contribution in [0.1, 0.15) is 42.6 Å². The number of piperidine rings is 1. The molecular weight excluding hydrogens is 416 g/mol. The molecule has 0 atom stereocenters. The van der Waals surface area contributed by atoms with Crippen LogP contribution in [0, 0.1) is 0 Å². The highest BCUT2D eigenvalue weighted by Gasteiger charge is 2.23. The first-order valence-electron chi connectivity index (χ1n) is 11.6. The van der Waals surface area contributed by atoms with Crippen LogP contribution in [0.4, 0.5) is 0 Å². The number of ether oxygens (including phenoxy) is 1. The number of aromatic nitrogens is 3. The summed E-state index contributed by atoms with van der Waals surface area (Å²) in [6, 6.07) is 14.0. The van der Waals surface area contributed by atoms with E-state index in [1.807, 2.05) is 53.2 Å². The SMILES string of the molecule is COc1cccc2c(C(C)=O)cn(CCCN3CCC(n4c(=O)[nH]c5ccccc54)CC3)c12. The van der Waals surface area contributed by atoms with Crippen molar-refractivity contribution in [2.24, 2.45) is 0 Å². The first kappa shape index (κ1) is 21.5. The Morgan fingerprint density at radius 3 is 2.64 bits per heavy atom. The molecule has 0 saturated carbocycles. The van der Waals surface area contributed by atoms with Crippen LogP contribution in [0.3, 0.4) is 0 Å². The van der Waals surface area contributed by atoms with Gasteiger partial charge in [0.1, 0.15) is 5.75 Å². The third kappa shape index (κ3) is 3.97. The van der Waals surface area contributed by atoms with E-state index in [9.17, 15) is 9.59 Å². The van der Waals surface area contributed by atoms with Gasteiger partial charge in [-0.05, 0) is 50.9 Å². The fourth-order valence-electron chi connectivity index (χ4n) is 5.25. The number of para-hydroxylation sites is 3. The lowest BCUT2D eigenvalue weighted by Crippen LogP contribution is -2.37. The van der Waals surface area contributed by atoms with Gasteiger partial charge in [0.25, 0.3) is 0 Å². The maximum Gasteiger partial charge on any atom is 0.326 e. The predicted molar refractivity (Wildman–Crippen MR) is 130 cm³/mol. The van der Waals surface area contributed by atoms with Crippen molar-refractivity contribution in [2.45, 2.75) is 38.8 Å². The topological polar surface area (TPSA) is 72.3 Å². The summed E-state index contributed by atoms with van der Waals surface area (Å²) < 4.78 is 9.67. The zero-order chi connectivity index (χ0) is 22.9. The number of ketones is 1. The molecule has 0 aliphatic carbocycles. The molecule has 172 valence electrons. The van der Waals surface area contributed by atoms with Crippen molar-refractivity contribution < 1.29 is 9.53 Å². The third-order valence-electron chi connectivity index (χ3n) is 6.88. The number of imidazole rings is 1. The monoisotopic (exact) mass is 446 g/mol. The number of H-pyrrole nitrogens is 1. The molecule has 0 bridgehead atoms. The fourth-order valence-corrected chi connectivity index (χ4v) is 5.25. The number of carbonyl (C=O) groups excluding carboxylic acids is 1. The van der Waals surface area contributed by atoms with Crippen LogP contribution in [0.15, 0.2) is 53.5 Å². The second-order valence-electron chi connectivity index (χ2n) is 8.89. The van der Waals surface area contributed by atoms with Crippen molar-refractivity contribution in [3.63, 3.8) is 0 Å². The molecule has 0 amide bonds. The minimum absolute atomic E-state index is 0.00985. The standard InChI is InChI=1S/C26H30N4O3/c1-18(31)21-17-29(25-20(21)7-5-10-24(25)33-2)14-6-13-28-15-11-19(12-16-28)30-23-9-4-3-8-22(23)27-26(30)32/h3-5,7-10,17,19H,6,11-16H2,1-2H3,(H,27,32). The summed E-state index contributed by atoms with van der Waals surface area (Å²) >= 11 is 0. The van der Waals surface area contributed by atoms with Gasteiger partial charge in [-0.25, -0.2) is 4.79 Å². The molecular formula is C26H30N4O3. The summed E-state index contributed by atoms with van der Waals surface area (Å²) in [6.45, 7) is 5.38. The summed E-state index contributed by atoms with van der Waals surface area (Å²) in [5, 5.41) is 0.951. The van der Waals surface area contributed by atoms with Crippen LogP contribution in [0.5, 0.6) is 5.75 Å². The Balaban J connectivity index is 1.23. The van der Waals surface area contributed by atoms with Gasteiger partial charge >= 0.3 is 5.69 Å². The highest BCUT2D eigenvalue weighted by atomic mass is 16.5. The van der Waals surface area contributed by atoms with Crippen LogP contribution in [0.25, 0.3) is 21.9 Å². The number of likely N-dealkylation sites (tertiary alicyclic amines) is 1. The Morgan fingerprint density at radius 1 is 1.09 bits per heavy atom. The number of carbonyl (C=O) groups is 1. The van der Waals surface area contributed by atoms with Crippen molar-refractivity contribution in [3.05, 3.63) is 64.7 Å². The Kier molecular flexibility index (Phi) is 5.81. The van der Waals surface area contributed by atoms with Gasteiger partial charge in [-0.3, -0.25) is 9.36 Å². The second kappa shape index (κ2) is 8.90. The molecule has 1 N–H and O–H groups in total. The quantitative estimate of drug-likeness (QED) is 0.432. The Bertz CT molecular complexity index is 1360. The number of aromatic amines is 1. The molecule has 0 unspecified atom stereocenters. The number of nitrogens with zero attached hydrogens (tertiary/aromatic N) is 3. The van der Waals surface area contributed by atoms with Gasteiger partial charge in [0.2, 0.25) is 0 Å². The molecule has 7 nitrogen and oxygen atoms in total. The van der Waals surface area contributed by atoms with Gasteiger partial charge in [0.15, 0.2) is 5.78 Å². The maximum absolute atomic E-state index is 12.5. The molecule has 1 aliphatic rings. The van der Waals surface area contributed by atoms with Crippen molar-refractivity contribution in [1.82, 2.24) is 19.0 Å². The first-order valence-corrected chi connectivity index (χ1v) is 11.6. The van der Waals surface area contributed by atoms with Gasteiger partial charge < -0.3 is 19.2 Å². The molecule has 2 aromatic heterocycles. The van der Waals surface area contributed by atoms with Crippen LogP contribution < -0.4 is 10.4 Å². The number of hydrogen-bond acceptors (Lipinski definition) is 4. The number of fused-ring (bicyclic) bond motifs is 2. The molecule has 3 heterocycles. The molecule has 7 heteroatoms. The van der Waals surface area contributed by atoms with Gasteiger partial charge in [0, 0.05) is 42.8 Å². The van der Waals surface area contributed by atoms with Crippen molar-refractivity contribution in [3.8, 4) is 5.75 Å². The van der Waals surface area contributed by atoms with Crippen LogP contribution in [-0.2, 0) is 6.54 Å². The minimum Gasteiger partial charge on any atom is -0.495 e. The number of hydrogen-bond donors (Lipinski definition) is 1. The summed E-state index contributed by atoms with van der Waals surface area (Å²) in [5.74, 6) is 0.867. The molecule has 2 aromatic carbocycles. The molecule has 1 saturated heterocycles. The minimum atomic E-state index is -0.00985. The van der Waals surface area contributed by atoms with Gasteiger partial charge in [-0.15, -0.1) is 0 Å². The number of benzene rings is 2. The number of rotatable bonds is 7. The van der Waals surface area contributed by atoms with E-state index in [-0.39, 0.29) is 17.5 Å². The Hall–Kier alpha value is -3.32. The van der Waals surface area contributed by atoms with Gasteiger partial charge in [-0.1, -0.05) is 24.3 Å². The number of aryl methyl sites for hydroxylation is 1. The van der Waals surface area contributed by atoms with E-state index in [2.05, 4.69) is 14.5 Å². The Morgan fingerprint density at radius 2 is 1.88 bits per heavy atom. The smallest absolute Gasteiger partial charge is 0.326 e. The van der Waals surface area contributed by atoms with Crippen LogP contribution in [0.2, 0.25) is 0 Å². The predicted octanol–water partition coefficient (Wildman–Crippen LogP) is 4.22. The Labute approximate surface area is 192 Å². The van der Waals surface area contributed by atoms with E-state index in [0.29, 0.717) is 0 Å². The molecule has 1 aliphatic heterocycles. The van der Waals surface area contributed by atoms with E-state index in [1.165, 1.54) is 0 Å². The molecule has 4 aromatic rings. The molecule has 33 heavy (non-hydrogen) atoms. The largest absolute Gasteiger partial charge is 0.495 e. The van der Waals surface area contributed by atoms with E-state index >= 15 is 0 Å². The zero-order valence-electron chi connectivity index (χ0n) is 19.2. The van der Waals surface area contributed by atoms with Gasteiger partial charge in [-0.2, -0.15) is 0 Å². The number of methoxy groups -OCH3 is 1. The summed E-state index contributed by atoms with van der Waals surface area (Å²) in [4.78, 5) is 30.1. The zero-order valence-corrected chi connectivity index (χ0v) is 19.2. The van der Waals surface area contributed by atoms with E-state index in [4.69, 9.17) is 4.74 Å². The van der Waals surface area contributed by atoms with E-state index in [0.717, 1.165) is 78.7 Å². The molecule has 1 fully saturated rings.